The van der Waals surface area contributed by atoms with Crippen molar-refractivity contribution in [2.24, 2.45) is 0 Å². The van der Waals surface area contributed by atoms with Crippen LogP contribution in [0.2, 0.25) is 0 Å². The predicted octanol–water partition coefficient (Wildman–Crippen LogP) is 2.03. The number of hydrogen-bond donors (Lipinski definition) is 1. The molecule has 2 amide bonds. The Kier molecular flexibility index (Phi) is 4.24. The third-order valence-electron chi connectivity index (χ3n) is 3.57. The van der Waals surface area contributed by atoms with Crippen LogP contribution >= 0.6 is 0 Å². The molecule has 0 atom stereocenters. The maximum Gasteiger partial charge on any atom is 0.411 e. The molecule has 23 heavy (non-hydrogen) atoms. The van der Waals surface area contributed by atoms with Crippen LogP contribution < -0.4 is 10.6 Å². The van der Waals surface area contributed by atoms with Crippen LogP contribution in [0.15, 0.2) is 18.3 Å². The minimum Gasteiger partial charge on any atom is -0.444 e. The molecule has 126 valence electrons. The van der Waals surface area contributed by atoms with Gasteiger partial charge >= 0.3 is 6.09 Å². The second-order valence-corrected chi connectivity index (χ2v) is 7.30. The number of rotatable bonds is 1. The zero-order valence-corrected chi connectivity index (χ0v) is 14.3. The fraction of sp³-hybridized carbons (Fsp3) is 0.562. The smallest absolute Gasteiger partial charge is 0.411 e. The molecule has 0 unspecified atom stereocenters. The number of amides is 2. The van der Waals surface area contributed by atoms with Gasteiger partial charge in [0.05, 0.1) is 17.4 Å². The van der Waals surface area contributed by atoms with Gasteiger partial charge in [-0.15, -0.1) is 0 Å². The molecule has 1 fully saturated rings. The average molecular weight is 320 g/mol. The van der Waals surface area contributed by atoms with E-state index in [-0.39, 0.29) is 12.5 Å². The zero-order valence-electron chi connectivity index (χ0n) is 14.3. The van der Waals surface area contributed by atoms with Gasteiger partial charge in [0.1, 0.15) is 18.0 Å². The van der Waals surface area contributed by atoms with Gasteiger partial charge in [-0.2, -0.15) is 0 Å². The molecule has 1 aromatic rings. The summed E-state index contributed by atoms with van der Waals surface area (Å²) in [5.41, 5.74) is 5.09. The highest BCUT2D eigenvalue weighted by Crippen LogP contribution is 2.27. The van der Waals surface area contributed by atoms with E-state index in [0.29, 0.717) is 18.1 Å². The molecule has 2 rings (SSSR count). The minimum absolute atomic E-state index is 0.0354. The molecule has 0 aliphatic carbocycles. The fourth-order valence-electron chi connectivity index (χ4n) is 2.42. The summed E-state index contributed by atoms with van der Waals surface area (Å²) in [6, 6.07) is 3.40. The van der Waals surface area contributed by atoms with Crippen molar-refractivity contribution in [1.29, 1.82) is 0 Å². The molecular weight excluding hydrogens is 296 g/mol. The highest BCUT2D eigenvalue weighted by molar-refractivity contribution is 5.97. The lowest BCUT2D eigenvalue weighted by Crippen LogP contribution is -2.64. The van der Waals surface area contributed by atoms with E-state index >= 15 is 0 Å². The first kappa shape index (κ1) is 17.1. The summed E-state index contributed by atoms with van der Waals surface area (Å²) >= 11 is 0. The Morgan fingerprint density at radius 3 is 2.52 bits per heavy atom. The Bertz CT molecular complexity index is 605. The van der Waals surface area contributed by atoms with Crippen molar-refractivity contribution < 1.29 is 14.3 Å². The average Bonchev–Trinajstić information content (AvgIpc) is 2.40. The summed E-state index contributed by atoms with van der Waals surface area (Å²) in [6.07, 6.45) is 1.08. The van der Waals surface area contributed by atoms with Crippen LogP contribution in [0.4, 0.5) is 16.3 Å². The quantitative estimate of drug-likeness (QED) is 0.855. The second kappa shape index (κ2) is 5.72. The van der Waals surface area contributed by atoms with Crippen LogP contribution in [-0.2, 0) is 9.53 Å². The van der Waals surface area contributed by atoms with E-state index in [9.17, 15) is 9.59 Å². The summed E-state index contributed by atoms with van der Waals surface area (Å²) in [5.74, 6) is 0.217. The van der Waals surface area contributed by atoms with Crippen molar-refractivity contribution in [1.82, 2.24) is 9.88 Å². The Balaban J connectivity index is 2.20. The second-order valence-electron chi connectivity index (χ2n) is 7.30. The van der Waals surface area contributed by atoms with Crippen LogP contribution in [0.1, 0.15) is 34.6 Å². The van der Waals surface area contributed by atoms with Crippen LogP contribution in [0.25, 0.3) is 0 Å². The van der Waals surface area contributed by atoms with Crippen molar-refractivity contribution in [3.8, 4) is 0 Å². The third kappa shape index (κ3) is 3.91. The third-order valence-corrected chi connectivity index (χ3v) is 3.57. The Morgan fingerprint density at radius 1 is 1.35 bits per heavy atom. The number of pyridine rings is 1. The molecule has 0 bridgehead atoms. The Labute approximate surface area is 136 Å². The standard InChI is InChI=1S/C16H24N4O3/c1-15(2,3)23-14(22)20-9-13(21)19(10-16(20,4)5)11-6-7-12(17)18-8-11/h6-8H,9-10H2,1-5H3,(H2,17,18). The highest BCUT2D eigenvalue weighted by atomic mass is 16.6. The lowest BCUT2D eigenvalue weighted by Gasteiger charge is -2.46. The van der Waals surface area contributed by atoms with Crippen LogP contribution in [0, 0.1) is 0 Å². The van der Waals surface area contributed by atoms with Gasteiger partial charge in [0, 0.05) is 6.54 Å². The molecule has 1 saturated heterocycles. The maximum atomic E-state index is 12.5. The molecule has 7 heteroatoms. The van der Waals surface area contributed by atoms with E-state index in [1.165, 1.54) is 4.90 Å². The zero-order chi connectivity index (χ0) is 17.4. The summed E-state index contributed by atoms with van der Waals surface area (Å²) in [7, 11) is 0. The number of carbonyl (C=O) groups excluding carboxylic acids is 2. The van der Waals surface area contributed by atoms with Gasteiger partial charge in [0.2, 0.25) is 5.91 Å². The van der Waals surface area contributed by atoms with Crippen molar-refractivity contribution >= 4 is 23.5 Å². The number of piperazine rings is 1. The lowest BCUT2D eigenvalue weighted by atomic mass is 9.98. The number of nitrogen functional groups attached to an aromatic ring is 1. The SMILES string of the molecule is CC(C)(C)OC(=O)N1CC(=O)N(c2ccc(N)nc2)CC1(C)C. The monoisotopic (exact) mass is 320 g/mol. The predicted molar refractivity (Wildman–Crippen MR) is 88.0 cm³/mol. The molecule has 1 aromatic heterocycles. The summed E-state index contributed by atoms with van der Waals surface area (Å²) in [6.45, 7) is 9.53. The molecule has 0 spiro atoms. The molecule has 7 nitrogen and oxygen atoms in total. The molecule has 0 saturated carbocycles. The number of anilines is 2. The number of aromatic nitrogens is 1. The van der Waals surface area contributed by atoms with Gasteiger partial charge in [-0.1, -0.05) is 0 Å². The number of hydrogen-bond acceptors (Lipinski definition) is 5. The Hall–Kier alpha value is -2.31. The number of ether oxygens (including phenoxy) is 1. The van der Waals surface area contributed by atoms with Gasteiger partial charge in [0.25, 0.3) is 0 Å². The first-order valence-corrected chi connectivity index (χ1v) is 7.52. The first-order valence-electron chi connectivity index (χ1n) is 7.52. The molecule has 2 heterocycles. The van der Waals surface area contributed by atoms with Gasteiger partial charge in [-0.25, -0.2) is 9.78 Å². The van der Waals surface area contributed by atoms with Gasteiger partial charge in [-0.3, -0.25) is 9.69 Å². The summed E-state index contributed by atoms with van der Waals surface area (Å²) in [5, 5.41) is 0. The van der Waals surface area contributed by atoms with Gasteiger partial charge in [-0.05, 0) is 46.8 Å². The molecule has 0 aromatic carbocycles. The van der Waals surface area contributed by atoms with E-state index < -0.39 is 17.2 Å². The first-order chi connectivity index (χ1) is 10.5. The lowest BCUT2D eigenvalue weighted by molar-refractivity contribution is -0.124. The molecule has 2 N–H and O–H groups in total. The normalized spacial score (nSPS) is 18.0. The van der Waals surface area contributed by atoms with Crippen LogP contribution in [0.5, 0.6) is 0 Å². The van der Waals surface area contributed by atoms with Gasteiger partial charge < -0.3 is 15.4 Å². The van der Waals surface area contributed by atoms with E-state index in [4.69, 9.17) is 10.5 Å². The van der Waals surface area contributed by atoms with E-state index in [1.54, 1.807) is 44.0 Å². The molecule has 1 aliphatic rings. The number of carbonyl (C=O) groups is 2. The molecule has 1 aliphatic heterocycles. The highest BCUT2D eigenvalue weighted by Gasteiger charge is 2.42. The van der Waals surface area contributed by atoms with Crippen molar-refractivity contribution in [2.45, 2.75) is 45.8 Å². The molecular formula is C16H24N4O3. The van der Waals surface area contributed by atoms with Crippen molar-refractivity contribution in [3.63, 3.8) is 0 Å². The van der Waals surface area contributed by atoms with E-state index in [0.717, 1.165) is 0 Å². The fourth-order valence-corrected chi connectivity index (χ4v) is 2.42. The van der Waals surface area contributed by atoms with E-state index in [1.807, 2.05) is 13.8 Å². The van der Waals surface area contributed by atoms with Crippen LogP contribution in [-0.4, -0.2) is 46.1 Å². The topological polar surface area (TPSA) is 88.8 Å². The van der Waals surface area contributed by atoms with Crippen molar-refractivity contribution in [3.05, 3.63) is 18.3 Å². The van der Waals surface area contributed by atoms with E-state index in [2.05, 4.69) is 4.98 Å². The number of nitrogens with zero attached hydrogens (tertiary/aromatic N) is 3. The summed E-state index contributed by atoms with van der Waals surface area (Å²) < 4.78 is 5.41. The van der Waals surface area contributed by atoms with Gasteiger partial charge in [0.15, 0.2) is 0 Å². The minimum atomic E-state index is -0.603. The van der Waals surface area contributed by atoms with Crippen LogP contribution in [0.3, 0.4) is 0 Å². The largest absolute Gasteiger partial charge is 0.444 e. The van der Waals surface area contributed by atoms with Crippen molar-refractivity contribution in [2.75, 3.05) is 23.7 Å². The Morgan fingerprint density at radius 2 is 2.00 bits per heavy atom. The molecule has 0 radical (unpaired) electrons. The maximum absolute atomic E-state index is 12.5. The number of nitrogens with two attached hydrogens (primary N) is 1. The summed E-state index contributed by atoms with van der Waals surface area (Å²) in [4.78, 5) is 31.9.